The van der Waals surface area contributed by atoms with E-state index in [1.165, 1.54) is 12.0 Å². The Labute approximate surface area is 240 Å². The van der Waals surface area contributed by atoms with E-state index in [0.29, 0.717) is 41.6 Å². The summed E-state index contributed by atoms with van der Waals surface area (Å²) in [5.41, 5.74) is 1.44. The van der Waals surface area contributed by atoms with Crippen LogP contribution in [0.1, 0.15) is 31.4 Å². The molecule has 1 aliphatic heterocycles. The first kappa shape index (κ1) is 29.6. The van der Waals surface area contributed by atoms with Gasteiger partial charge in [-0.3, -0.25) is 9.59 Å². The molecule has 3 aromatic carbocycles. The summed E-state index contributed by atoms with van der Waals surface area (Å²) < 4.78 is 16.7. The first-order valence-electron chi connectivity index (χ1n) is 13.5. The van der Waals surface area contributed by atoms with Crippen LogP contribution >= 0.6 is 0 Å². The summed E-state index contributed by atoms with van der Waals surface area (Å²) in [5, 5.41) is 8.48. The Morgan fingerprint density at radius 2 is 1.61 bits per heavy atom. The number of urea groups is 1. The second-order valence-corrected chi connectivity index (χ2v) is 9.58. The molecule has 0 radical (unpaired) electrons. The lowest BCUT2D eigenvalue weighted by Gasteiger charge is -2.30. The van der Waals surface area contributed by atoms with Crippen molar-refractivity contribution >= 4 is 34.9 Å². The fourth-order valence-electron chi connectivity index (χ4n) is 4.86. The van der Waals surface area contributed by atoms with Gasteiger partial charge in [0.25, 0.3) is 5.91 Å². The van der Waals surface area contributed by atoms with E-state index in [1.54, 1.807) is 60.7 Å². The van der Waals surface area contributed by atoms with Crippen molar-refractivity contribution in [1.29, 1.82) is 0 Å². The van der Waals surface area contributed by atoms with Crippen LogP contribution in [0.3, 0.4) is 0 Å². The van der Waals surface area contributed by atoms with Crippen molar-refractivity contribution < 1.29 is 28.6 Å². The molecule has 216 valence electrons. The first-order valence-corrected chi connectivity index (χ1v) is 13.5. The maximum atomic E-state index is 14.3. The van der Waals surface area contributed by atoms with Gasteiger partial charge in [-0.25, -0.2) is 4.79 Å². The lowest BCUT2D eigenvalue weighted by molar-refractivity contribution is -0.138. The summed E-state index contributed by atoms with van der Waals surface area (Å²) in [4.78, 5) is 42.7. The molecule has 41 heavy (non-hydrogen) atoms. The fourth-order valence-corrected chi connectivity index (χ4v) is 4.86. The Morgan fingerprint density at radius 1 is 0.902 bits per heavy atom. The molecular weight excluding hydrogens is 524 g/mol. The van der Waals surface area contributed by atoms with Crippen LogP contribution in [0.5, 0.6) is 5.75 Å². The molecule has 1 aliphatic rings. The van der Waals surface area contributed by atoms with E-state index in [2.05, 4.69) is 16.0 Å². The number of nitrogens with one attached hydrogen (secondary N) is 3. The quantitative estimate of drug-likeness (QED) is 0.274. The molecule has 0 aromatic heterocycles. The zero-order chi connectivity index (χ0) is 29.4. The molecule has 0 saturated carbocycles. The van der Waals surface area contributed by atoms with E-state index in [9.17, 15) is 14.4 Å². The van der Waals surface area contributed by atoms with Gasteiger partial charge in [0.1, 0.15) is 5.75 Å². The summed E-state index contributed by atoms with van der Waals surface area (Å²) in [7, 11) is 1.53. The van der Waals surface area contributed by atoms with Gasteiger partial charge in [-0.05, 0) is 51.1 Å². The average molecular weight is 561 g/mol. The van der Waals surface area contributed by atoms with Crippen LogP contribution in [0.15, 0.2) is 72.8 Å². The van der Waals surface area contributed by atoms with Gasteiger partial charge in [0.15, 0.2) is 11.8 Å². The SMILES string of the molecule is CCOC(CN1C(=O)C(CC(=O)Nc2cccc(OC)c2)(NC(=O)Nc2ccc(C)cc2)c2ccccc21)OCC. The standard InChI is InChI=1S/C31H36N4O6/c1-5-40-28(41-6-2)20-35-26-13-8-7-12-25(26)31(29(35)37,34-30(38)33-22-16-14-21(3)15-17-22)19-27(36)32-23-10-9-11-24(18-23)39-4/h7-18,28H,5-6,19-20H2,1-4H3,(H,32,36)(H2,33,34,38). The number of methoxy groups -OCH3 is 1. The first-order chi connectivity index (χ1) is 19.8. The van der Waals surface area contributed by atoms with E-state index in [1.807, 2.05) is 32.9 Å². The van der Waals surface area contributed by atoms with Crippen LogP contribution in [0.4, 0.5) is 21.9 Å². The third kappa shape index (κ3) is 6.85. The smallest absolute Gasteiger partial charge is 0.320 e. The number of carbonyl (C=O) groups excluding carboxylic acids is 3. The molecule has 4 amide bonds. The zero-order valence-electron chi connectivity index (χ0n) is 23.7. The predicted octanol–water partition coefficient (Wildman–Crippen LogP) is 4.80. The van der Waals surface area contributed by atoms with Gasteiger partial charge in [0.2, 0.25) is 5.91 Å². The lowest BCUT2D eigenvalue weighted by Crippen LogP contribution is -2.56. The highest BCUT2D eigenvalue weighted by Crippen LogP contribution is 2.43. The van der Waals surface area contributed by atoms with E-state index in [0.717, 1.165) is 5.56 Å². The lowest BCUT2D eigenvalue weighted by atomic mass is 9.87. The molecular formula is C31H36N4O6. The number of ether oxygens (including phenoxy) is 3. The van der Waals surface area contributed by atoms with Crippen LogP contribution < -0.4 is 25.6 Å². The Hall–Kier alpha value is -4.41. The molecule has 0 saturated heterocycles. The number of amides is 4. The molecule has 3 N–H and O–H groups in total. The number of benzene rings is 3. The summed E-state index contributed by atoms with van der Waals surface area (Å²) in [5.74, 6) is -0.368. The highest BCUT2D eigenvalue weighted by molar-refractivity contribution is 6.12. The third-order valence-corrected chi connectivity index (χ3v) is 6.72. The molecule has 1 heterocycles. The minimum atomic E-state index is -1.70. The van der Waals surface area contributed by atoms with Crippen molar-refractivity contribution in [3.05, 3.63) is 83.9 Å². The Morgan fingerprint density at radius 3 is 2.29 bits per heavy atom. The highest BCUT2D eigenvalue weighted by atomic mass is 16.7. The molecule has 1 unspecified atom stereocenters. The monoisotopic (exact) mass is 560 g/mol. The third-order valence-electron chi connectivity index (χ3n) is 6.72. The number of fused-ring (bicyclic) bond motifs is 1. The molecule has 1 atom stereocenters. The second-order valence-electron chi connectivity index (χ2n) is 9.58. The van der Waals surface area contributed by atoms with E-state index < -0.39 is 29.7 Å². The molecule has 0 bridgehead atoms. The maximum Gasteiger partial charge on any atom is 0.320 e. The number of hydrogen-bond acceptors (Lipinski definition) is 6. The number of nitrogens with zero attached hydrogens (tertiary/aromatic N) is 1. The molecule has 0 aliphatic carbocycles. The second kappa shape index (κ2) is 13.3. The average Bonchev–Trinajstić information content (AvgIpc) is 3.17. The summed E-state index contributed by atoms with van der Waals surface area (Å²) in [6.07, 6.45) is -1.05. The number of rotatable bonds is 12. The summed E-state index contributed by atoms with van der Waals surface area (Å²) in [6.45, 7) is 6.49. The Kier molecular flexibility index (Phi) is 9.59. The van der Waals surface area contributed by atoms with Gasteiger partial charge in [0.05, 0.1) is 25.8 Å². The van der Waals surface area contributed by atoms with Crippen LogP contribution in [0.2, 0.25) is 0 Å². The van der Waals surface area contributed by atoms with Crippen LogP contribution in [-0.4, -0.2) is 51.0 Å². The minimum Gasteiger partial charge on any atom is -0.497 e. The van der Waals surface area contributed by atoms with E-state index in [-0.39, 0.29) is 13.0 Å². The van der Waals surface area contributed by atoms with Crippen molar-refractivity contribution in [3.8, 4) is 5.75 Å². The van der Waals surface area contributed by atoms with Gasteiger partial charge in [-0.2, -0.15) is 0 Å². The molecule has 3 aromatic rings. The van der Waals surface area contributed by atoms with Gasteiger partial charge in [0, 0.05) is 36.2 Å². The Bertz CT molecular complexity index is 1370. The van der Waals surface area contributed by atoms with Gasteiger partial charge in [-0.15, -0.1) is 0 Å². The molecule has 4 rings (SSSR count). The molecule has 0 spiro atoms. The number of anilines is 3. The molecule has 10 nitrogen and oxygen atoms in total. The van der Waals surface area contributed by atoms with Crippen LogP contribution in [-0.2, 0) is 24.6 Å². The van der Waals surface area contributed by atoms with Gasteiger partial charge >= 0.3 is 6.03 Å². The summed E-state index contributed by atoms with van der Waals surface area (Å²) >= 11 is 0. The minimum absolute atomic E-state index is 0.0814. The van der Waals surface area contributed by atoms with Crippen LogP contribution in [0, 0.1) is 6.92 Å². The molecule has 0 fully saturated rings. The van der Waals surface area contributed by atoms with Crippen molar-refractivity contribution in [2.45, 2.75) is 39.0 Å². The normalized spacial score (nSPS) is 15.9. The fraction of sp³-hybridized carbons (Fsp3) is 0.323. The number of aryl methyl sites for hydroxylation is 1. The number of hydrogen-bond donors (Lipinski definition) is 3. The zero-order valence-corrected chi connectivity index (χ0v) is 23.7. The number of carbonyl (C=O) groups is 3. The van der Waals surface area contributed by atoms with E-state index >= 15 is 0 Å². The van der Waals surface area contributed by atoms with E-state index in [4.69, 9.17) is 14.2 Å². The van der Waals surface area contributed by atoms with Gasteiger partial charge in [-0.1, -0.05) is 42.0 Å². The largest absolute Gasteiger partial charge is 0.497 e. The van der Waals surface area contributed by atoms with Crippen molar-refractivity contribution in [2.75, 3.05) is 42.4 Å². The molecule has 10 heteroatoms. The van der Waals surface area contributed by atoms with Gasteiger partial charge < -0.3 is 35.1 Å². The number of para-hydroxylation sites is 1. The topological polar surface area (TPSA) is 118 Å². The van der Waals surface area contributed by atoms with Crippen molar-refractivity contribution in [2.24, 2.45) is 0 Å². The van der Waals surface area contributed by atoms with Crippen molar-refractivity contribution in [1.82, 2.24) is 5.32 Å². The van der Waals surface area contributed by atoms with Crippen molar-refractivity contribution in [3.63, 3.8) is 0 Å². The Balaban J connectivity index is 1.69. The highest BCUT2D eigenvalue weighted by Gasteiger charge is 2.53. The van der Waals surface area contributed by atoms with Crippen LogP contribution in [0.25, 0.3) is 0 Å². The maximum absolute atomic E-state index is 14.3. The predicted molar refractivity (Wildman–Crippen MR) is 157 cm³/mol. The summed E-state index contributed by atoms with van der Waals surface area (Å²) in [6, 6.07) is 20.6.